The Kier molecular flexibility index (Phi) is 12.5. The lowest BCUT2D eigenvalue weighted by Gasteiger charge is -2.34. The van der Waals surface area contributed by atoms with E-state index in [1.165, 1.54) is 57.8 Å². The summed E-state index contributed by atoms with van der Waals surface area (Å²) in [4.78, 5) is 27.6. The summed E-state index contributed by atoms with van der Waals surface area (Å²) in [7, 11) is 1.70. The van der Waals surface area contributed by atoms with Crippen LogP contribution >= 0.6 is 0 Å². The lowest BCUT2D eigenvalue weighted by atomic mass is 10.0. The molecule has 0 aliphatic carbocycles. The molecule has 4 rings (SSSR count). The average Bonchev–Trinajstić information content (AvgIpc) is 3.00. The molecule has 1 aromatic heterocycles. The van der Waals surface area contributed by atoms with Gasteiger partial charge in [0.05, 0.1) is 32.6 Å². The van der Waals surface area contributed by atoms with Crippen molar-refractivity contribution in [2.24, 2.45) is 0 Å². The lowest BCUT2D eigenvalue weighted by Crippen LogP contribution is -2.41. The van der Waals surface area contributed by atoms with Crippen LogP contribution in [0.4, 0.5) is 5.82 Å². The molecule has 0 atom stereocenters. The van der Waals surface area contributed by atoms with Gasteiger partial charge in [0.2, 0.25) is 5.91 Å². The van der Waals surface area contributed by atoms with Crippen molar-refractivity contribution in [3.8, 4) is 5.75 Å². The van der Waals surface area contributed by atoms with Gasteiger partial charge in [0.15, 0.2) is 0 Å². The maximum atomic E-state index is 13.2. The number of unbranched alkanes of at least 4 members (excludes halogenated alkanes) is 10. The molecule has 40 heavy (non-hydrogen) atoms. The Balaban J connectivity index is 1.31. The number of carbonyl (C=O) groups is 1. The van der Waals surface area contributed by atoms with Crippen LogP contribution in [0.1, 0.15) is 107 Å². The zero-order valence-electron chi connectivity index (χ0n) is 25.0. The molecule has 0 N–H and O–H groups in total. The van der Waals surface area contributed by atoms with Crippen LogP contribution in [0.3, 0.4) is 0 Å². The van der Waals surface area contributed by atoms with Gasteiger partial charge in [0.25, 0.3) is 0 Å². The third-order valence-corrected chi connectivity index (χ3v) is 8.28. The maximum Gasteiger partial charge on any atom is 0.222 e. The number of amides is 1. The monoisotopic (exact) mass is 550 g/mol. The first kappa shape index (κ1) is 30.3. The van der Waals surface area contributed by atoms with Gasteiger partial charge < -0.3 is 19.3 Å². The molecular weight excluding hydrogens is 500 g/mol. The molecule has 2 aliphatic heterocycles. The van der Waals surface area contributed by atoms with E-state index in [0.29, 0.717) is 32.6 Å². The number of hydrogen-bond donors (Lipinski definition) is 0. The van der Waals surface area contributed by atoms with Crippen LogP contribution in [0.2, 0.25) is 0 Å². The van der Waals surface area contributed by atoms with Crippen LogP contribution in [0, 0.1) is 0 Å². The van der Waals surface area contributed by atoms with Gasteiger partial charge >= 0.3 is 0 Å². The minimum atomic E-state index is 0.271. The van der Waals surface area contributed by atoms with Gasteiger partial charge in [0, 0.05) is 50.0 Å². The van der Waals surface area contributed by atoms with Gasteiger partial charge in [-0.15, -0.1) is 0 Å². The van der Waals surface area contributed by atoms with Crippen LogP contribution in [-0.2, 0) is 28.9 Å². The summed E-state index contributed by atoms with van der Waals surface area (Å²) in [5.74, 6) is 2.92. The van der Waals surface area contributed by atoms with Crippen LogP contribution in [0.5, 0.6) is 5.75 Å². The highest BCUT2D eigenvalue weighted by Crippen LogP contribution is 2.29. The fourth-order valence-electron chi connectivity index (χ4n) is 5.89. The molecule has 1 saturated heterocycles. The number of benzene rings is 1. The largest absolute Gasteiger partial charge is 0.496 e. The molecule has 0 saturated carbocycles. The zero-order chi connectivity index (χ0) is 28.0. The molecule has 0 spiro atoms. The normalized spacial score (nSPS) is 15.2. The first-order valence-corrected chi connectivity index (χ1v) is 15.8. The van der Waals surface area contributed by atoms with E-state index in [-0.39, 0.29) is 5.91 Å². The summed E-state index contributed by atoms with van der Waals surface area (Å²) in [6.45, 7) is 6.62. The molecular formula is C33H50N4O3. The van der Waals surface area contributed by atoms with E-state index in [1.54, 1.807) is 7.11 Å². The van der Waals surface area contributed by atoms with Gasteiger partial charge in [-0.1, -0.05) is 89.3 Å². The van der Waals surface area contributed by atoms with E-state index < -0.39 is 0 Å². The molecule has 7 nitrogen and oxygen atoms in total. The molecule has 7 heteroatoms. The van der Waals surface area contributed by atoms with E-state index in [2.05, 4.69) is 17.9 Å². The van der Waals surface area contributed by atoms with Gasteiger partial charge in [-0.3, -0.25) is 4.79 Å². The second-order valence-corrected chi connectivity index (χ2v) is 11.3. The summed E-state index contributed by atoms with van der Waals surface area (Å²) < 4.78 is 11.2. The molecule has 1 aromatic carbocycles. The van der Waals surface area contributed by atoms with Gasteiger partial charge in [-0.2, -0.15) is 0 Å². The lowest BCUT2D eigenvalue weighted by molar-refractivity contribution is -0.132. The number of methoxy groups -OCH3 is 1. The Morgan fingerprint density at radius 2 is 1.57 bits per heavy atom. The summed E-state index contributed by atoms with van der Waals surface area (Å²) in [5.41, 5.74) is 3.28. The smallest absolute Gasteiger partial charge is 0.222 e. The highest BCUT2D eigenvalue weighted by Gasteiger charge is 2.28. The van der Waals surface area contributed by atoms with E-state index in [0.717, 1.165) is 73.1 Å². The van der Waals surface area contributed by atoms with Crippen LogP contribution in [0.25, 0.3) is 0 Å². The number of hydrogen-bond acceptors (Lipinski definition) is 6. The number of nitrogens with zero attached hydrogens (tertiary/aromatic N) is 4. The predicted octanol–water partition coefficient (Wildman–Crippen LogP) is 6.50. The van der Waals surface area contributed by atoms with E-state index in [1.807, 2.05) is 23.1 Å². The number of fused-ring (bicyclic) bond motifs is 1. The molecule has 0 bridgehead atoms. The Morgan fingerprint density at radius 3 is 2.27 bits per heavy atom. The van der Waals surface area contributed by atoms with Crippen LogP contribution in [0.15, 0.2) is 24.3 Å². The van der Waals surface area contributed by atoms with Crippen molar-refractivity contribution >= 4 is 11.7 Å². The molecule has 0 radical (unpaired) electrons. The summed E-state index contributed by atoms with van der Waals surface area (Å²) >= 11 is 0. The number of carbonyl (C=O) groups excluding carboxylic acids is 1. The summed E-state index contributed by atoms with van der Waals surface area (Å²) in [5, 5.41) is 0. The van der Waals surface area contributed by atoms with Gasteiger partial charge in [-0.05, 0) is 12.5 Å². The van der Waals surface area contributed by atoms with Crippen molar-refractivity contribution in [3.05, 3.63) is 46.9 Å². The maximum absolute atomic E-state index is 13.2. The minimum absolute atomic E-state index is 0.271. The second kappa shape index (κ2) is 16.6. The molecule has 1 fully saturated rings. The average molecular weight is 551 g/mol. The van der Waals surface area contributed by atoms with Crippen molar-refractivity contribution in [1.29, 1.82) is 0 Å². The number of anilines is 1. The highest BCUT2D eigenvalue weighted by molar-refractivity contribution is 5.76. The minimum Gasteiger partial charge on any atom is -0.496 e. The molecule has 2 aliphatic rings. The standard InChI is InChI=1S/C33H50N4O3/c1-3-4-5-6-7-8-9-10-11-12-13-18-32(38)37-20-19-29-28(26-37)33(36-21-23-40-24-22-36)35-31(34-29)25-27-16-14-15-17-30(27)39-2/h14-17H,3-13,18-26H2,1-2H3. The number of para-hydroxylation sites is 1. The van der Waals surface area contributed by atoms with E-state index in [4.69, 9.17) is 19.4 Å². The second-order valence-electron chi connectivity index (χ2n) is 11.3. The van der Waals surface area contributed by atoms with E-state index >= 15 is 0 Å². The topological polar surface area (TPSA) is 67.8 Å². The SMILES string of the molecule is CCCCCCCCCCCCCC(=O)N1CCc2nc(Cc3ccccc3OC)nc(N3CCOCC3)c2C1. The van der Waals surface area contributed by atoms with Gasteiger partial charge in [-0.25, -0.2) is 9.97 Å². The van der Waals surface area contributed by atoms with Crippen molar-refractivity contribution in [1.82, 2.24) is 14.9 Å². The Bertz CT molecular complexity index is 1050. The molecule has 2 aromatic rings. The Labute approximate surface area is 241 Å². The van der Waals surface area contributed by atoms with Crippen LogP contribution < -0.4 is 9.64 Å². The van der Waals surface area contributed by atoms with Crippen LogP contribution in [-0.4, -0.2) is 60.7 Å². The molecule has 0 unspecified atom stereocenters. The Hall–Kier alpha value is -2.67. The van der Waals surface area contributed by atoms with E-state index in [9.17, 15) is 4.79 Å². The first-order valence-electron chi connectivity index (χ1n) is 15.8. The van der Waals surface area contributed by atoms with Crippen molar-refractivity contribution in [3.63, 3.8) is 0 Å². The predicted molar refractivity (Wildman–Crippen MR) is 161 cm³/mol. The van der Waals surface area contributed by atoms with Crippen molar-refractivity contribution in [2.75, 3.05) is 44.9 Å². The molecule has 1 amide bonds. The number of ether oxygens (including phenoxy) is 2. The molecule has 220 valence electrons. The third kappa shape index (κ3) is 8.92. The summed E-state index contributed by atoms with van der Waals surface area (Å²) in [6, 6.07) is 8.07. The zero-order valence-corrected chi connectivity index (χ0v) is 25.0. The van der Waals surface area contributed by atoms with Gasteiger partial charge in [0.1, 0.15) is 17.4 Å². The quantitative estimate of drug-likeness (QED) is 0.222. The van der Waals surface area contributed by atoms with Crippen molar-refractivity contribution < 1.29 is 14.3 Å². The first-order chi connectivity index (χ1) is 19.7. The Morgan fingerprint density at radius 1 is 0.900 bits per heavy atom. The number of rotatable bonds is 16. The fraction of sp³-hybridized carbons (Fsp3) is 0.667. The number of aromatic nitrogens is 2. The third-order valence-electron chi connectivity index (χ3n) is 8.28. The highest BCUT2D eigenvalue weighted by atomic mass is 16.5. The summed E-state index contributed by atoms with van der Waals surface area (Å²) in [6.07, 6.45) is 16.3. The fourth-order valence-corrected chi connectivity index (χ4v) is 5.89. The molecule has 3 heterocycles. The van der Waals surface area contributed by atoms with Crippen molar-refractivity contribution in [2.45, 2.75) is 103 Å². The number of morpholine rings is 1.